The Morgan fingerprint density at radius 3 is 1.16 bits per heavy atom. The lowest BCUT2D eigenvalue weighted by molar-refractivity contribution is -1.30. The Morgan fingerprint density at radius 1 is 0.581 bits per heavy atom. The highest BCUT2D eigenvalue weighted by Gasteiger charge is 2.57. The number of unbranched alkanes of at least 4 members (excludes halogenated alkanes) is 15. The van der Waals surface area contributed by atoms with Crippen LogP contribution in [0.25, 0.3) is 0 Å². The molecule has 0 saturated heterocycles. The smallest absolute Gasteiger partial charge is 0.391 e. The highest BCUT2D eigenvalue weighted by molar-refractivity contribution is 6.71. The van der Waals surface area contributed by atoms with E-state index in [1.807, 2.05) is 0 Å². The fourth-order valence-corrected chi connectivity index (χ4v) is 7.41. The Hall–Kier alpha value is 0.347. The molecule has 6 heteroatoms. The molecule has 0 fully saturated rings. The number of halogens is 1. The zero-order valence-corrected chi connectivity index (χ0v) is 23.9. The fourth-order valence-electron chi connectivity index (χ4n) is 4.55. The van der Waals surface area contributed by atoms with Crippen molar-refractivity contribution in [3.05, 3.63) is 0 Å². The Labute approximate surface area is 202 Å². The molecule has 0 aromatic heterocycles. The molecule has 0 aliphatic rings. The van der Waals surface area contributed by atoms with Gasteiger partial charge in [-0.05, 0) is 19.5 Å². The van der Waals surface area contributed by atoms with Gasteiger partial charge in [0.05, 0.1) is 0 Å². The van der Waals surface area contributed by atoms with Crippen molar-refractivity contribution in [2.24, 2.45) is 0 Å². The highest BCUT2D eigenvalue weighted by Crippen LogP contribution is 2.36. The number of hydrogen-bond acceptors (Lipinski definition) is 3. The molecule has 0 bridgehead atoms. The number of nitrogens with zero attached hydrogens (tertiary/aromatic N) is 1. The summed E-state index contributed by atoms with van der Waals surface area (Å²) in [5, 5.41) is 0. The molecule has 0 N–H and O–H groups in total. The van der Waals surface area contributed by atoms with Crippen molar-refractivity contribution in [1.82, 2.24) is 0 Å². The normalized spacial score (nSPS) is 13.3. The zero-order chi connectivity index (χ0) is 22.7. The van der Waals surface area contributed by atoms with Gasteiger partial charge in [-0.1, -0.05) is 117 Å². The third-order valence-corrected chi connectivity index (χ3v) is 11.8. The Morgan fingerprint density at radius 2 is 0.871 bits per heavy atom. The summed E-state index contributed by atoms with van der Waals surface area (Å²) in [6, 6.07) is 0. The van der Waals surface area contributed by atoms with E-state index in [0.717, 1.165) is 0 Å². The van der Waals surface area contributed by atoms with Gasteiger partial charge in [-0.3, -0.25) is 0 Å². The van der Waals surface area contributed by atoms with Gasteiger partial charge in [-0.2, -0.15) is 14.5 Å². The molecule has 0 aliphatic carbocycles. The van der Waals surface area contributed by atoms with Gasteiger partial charge < -0.3 is 12.4 Å². The minimum absolute atomic E-state index is 0. The topological polar surface area (TPSA) is 27.7 Å². The van der Waals surface area contributed by atoms with Crippen LogP contribution < -0.4 is 12.4 Å². The lowest BCUT2D eigenvalue weighted by Gasteiger charge is -2.39. The lowest BCUT2D eigenvalue weighted by Crippen LogP contribution is -3.00. The molecule has 0 heterocycles. The van der Waals surface area contributed by atoms with Gasteiger partial charge in [0, 0.05) is 10.2 Å². The maximum Gasteiger partial charge on any atom is 0.391 e. The van der Waals surface area contributed by atoms with E-state index in [0.29, 0.717) is 5.54 Å². The zero-order valence-electron chi connectivity index (χ0n) is 22.1. The van der Waals surface area contributed by atoms with Crippen molar-refractivity contribution in [2.75, 3.05) is 21.3 Å². The second-order valence-electron chi connectivity index (χ2n) is 9.69. The predicted octanol–water partition coefficient (Wildman–Crippen LogP) is 5.74. The molecule has 0 aliphatic heterocycles. The van der Waals surface area contributed by atoms with Crippen LogP contribution in [0.5, 0.6) is 0 Å². The number of hydrogen-bond donors (Lipinski definition) is 0. The first-order valence-corrected chi connectivity index (χ1v) is 16.0. The second kappa shape index (κ2) is 20.9. The summed E-state index contributed by atoms with van der Waals surface area (Å²) < 4.78 is -0.0903. The first-order valence-electron chi connectivity index (χ1n) is 13.0. The average molecular weight is 482 g/mol. The van der Waals surface area contributed by atoms with Crippen LogP contribution in [0, 0.1) is 0 Å². The SMILES string of the molecule is CCCCCCCCCCCCCCCCCCC(C)[Si](C)(C)[N+](OC)(OC)OC.[Cl-]. The van der Waals surface area contributed by atoms with Crippen molar-refractivity contribution in [3.8, 4) is 0 Å². The van der Waals surface area contributed by atoms with E-state index in [9.17, 15) is 0 Å². The van der Waals surface area contributed by atoms with Crippen molar-refractivity contribution in [3.63, 3.8) is 0 Å². The second-order valence-corrected chi connectivity index (χ2v) is 14.5. The highest BCUT2D eigenvalue weighted by atomic mass is 35.5. The minimum atomic E-state index is -1.92. The third kappa shape index (κ3) is 13.6. The van der Waals surface area contributed by atoms with E-state index in [-0.39, 0.29) is 17.0 Å². The molecule has 0 amide bonds. The van der Waals surface area contributed by atoms with Crippen molar-refractivity contribution in [1.29, 1.82) is 0 Å². The summed E-state index contributed by atoms with van der Waals surface area (Å²) in [7, 11) is 3.08. The first kappa shape index (κ1) is 33.5. The maximum atomic E-state index is 5.61. The van der Waals surface area contributed by atoms with E-state index >= 15 is 0 Å². The molecule has 0 aromatic rings. The van der Waals surface area contributed by atoms with Crippen LogP contribution in [0.4, 0.5) is 0 Å². The molecule has 1 unspecified atom stereocenters. The van der Waals surface area contributed by atoms with Crippen LogP contribution in [-0.2, 0) is 14.5 Å². The molecular weight excluding hydrogens is 426 g/mol. The number of quaternary nitrogens is 1. The molecule has 0 spiro atoms. The quantitative estimate of drug-likeness (QED) is 0.112. The molecule has 0 radical (unpaired) electrons. The van der Waals surface area contributed by atoms with E-state index in [4.69, 9.17) is 14.5 Å². The Kier molecular flexibility index (Phi) is 22.6. The largest absolute Gasteiger partial charge is 1.00 e. The molecule has 4 nitrogen and oxygen atoms in total. The van der Waals surface area contributed by atoms with Gasteiger partial charge in [0.2, 0.25) is 0 Å². The van der Waals surface area contributed by atoms with Crippen LogP contribution in [0.15, 0.2) is 0 Å². The standard InChI is InChI=1S/C25H56NO3Si.ClH/c1-8-9-10-11-12-13-14-15-16-17-18-19-20-21-22-23-24-25(2)30(6,7)26(27-3,28-4)29-5;/h25H,8-24H2,1-7H3;1H/q+1;/p-1. The summed E-state index contributed by atoms with van der Waals surface area (Å²) in [5.41, 5.74) is 0.573. The summed E-state index contributed by atoms with van der Waals surface area (Å²) in [6.07, 6.45) is 23.9. The van der Waals surface area contributed by atoms with E-state index < -0.39 is 8.24 Å². The molecule has 31 heavy (non-hydrogen) atoms. The number of rotatable bonds is 22. The lowest BCUT2D eigenvalue weighted by atomic mass is 10.0. The summed E-state index contributed by atoms with van der Waals surface area (Å²) in [5.74, 6) is 0. The predicted molar refractivity (Wildman–Crippen MR) is 132 cm³/mol. The van der Waals surface area contributed by atoms with Crippen LogP contribution in [-0.4, -0.2) is 34.2 Å². The van der Waals surface area contributed by atoms with Gasteiger partial charge in [-0.15, -0.1) is 0 Å². The molecule has 190 valence electrons. The van der Waals surface area contributed by atoms with E-state index in [2.05, 4.69) is 26.9 Å². The molecule has 0 rings (SSSR count). The summed E-state index contributed by atoms with van der Waals surface area (Å²) >= 11 is 0. The van der Waals surface area contributed by atoms with Crippen LogP contribution in [0.1, 0.15) is 123 Å². The van der Waals surface area contributed by atoms with Crippen molar-refractivity contribution >= 4 is 8.24 Å². The van der Waals surface area contributed by atoms with E-state index in [1.165, 1.54) is 109 Å². The van der Waals surface area contributed by atoms with Crippen LogP contribution >= 0.6 is 0 Å². The van der Waals surface area contributed by atoms with Gasteiger partial charge >= 0.3 is 8.24 Å². The van der Waals surface area contributed by atoms with Crippen molar-refractivity contribution < 1.29 is 31.6 Å². The monoisotopic (exact) mass is 481 g/mol. The molecule has 0 aromatic carbocycles. The van der Waals surface area contributed by atoms with Gasteiger partial charge in [0.15, 0.2) is 0 Å². The first-order chi connectivity index (χ1) is 14.4. The van der Waals surface area contributed by atoms with Gasteiger partial charge in [0.25, 0.3) is 0 Å². The average Bonchev–Trinajstić information content (AvgIpc) is 2.74. The Bertz CT molecular complexity index is 374. The van der Waals surface area contributed by atoms with Crippen LogP contribution in [0.2, 0.25) is 18.6 Å². The fraction of sp³-hybridized carbons (Fsp3) is 1.00. The Balaban J connectivity index is 0. The summed E-state index contributed by atoms with van der Waals surface area (Å²) in [4.78, 5) is 16.8. The molecule has 0 saturated carbocycles. The summed E-state index contributed by atoms with van der Waals surface area (Å²) in [6.45, 7) is 9.21. The van der Waals surface area contributed by atoms with Crippen molar-refractivity contribution in [2.45, 2.75) is 142 Å². The van der Waals surface area contributed by atoms with Crippen LogP contribution in [0.3, 0.4) is 0 Å². The minimum Gasteiger partial charge on any atom is -1.00 e. The molecular formula is C25H56ClNO3Si. The van der Waals surface area contributed by atoms with E-state index in [1.54, 1.807) is 21.3 Å². The van der Waals surface area contributed by atoms with Gasteiger partial charge in [-0.25, -0.2) is 0 Å². The molecule has 1 atom stereocenters. The maximum absolute atomic E-state index is 5.61. The third-order valence-electron chi connectivity index (χ3n) is 7.12. The van der Waals surface area contributed by atoms with Gasteiger partial charge in [0.1, 0.15) is 21.3 Å².